The number of rotatable bonds is 5. The van der Waals surface area contributed by atoms with Crippen LogP contribution < -0.4 is 19.5 Å². The molecule has 2 aromatic carbocycles. The number of carbonyl (C=O) groups excluding carboxylic acids is 1. The predicted molar refractivity (Wildman–Crippen MR) is 103 cm³/mol. The van der Waals surface area contributed by atoms with Crippen LogP contribution in [0.5, 0.6) is 17.2 Å². The quantitative estimate of drug-likeness (QED) is 0.850. The lowest BCUT2D eigenvalue weighted by Gasteiger charge is -2.12. The Morgan fingerprint density at radius 2 is 1.93 bits per heavy atom. The molecule has 1 aliphatic carbocycles. The molecule has 0 aromatic heterocycles. The van der Waals surface area contributed by atoms with E-state index in [1.807, 2.05) is 18.2 Å². The smallest absolute Gasteiger partial charge is 0.258 e. The van der Waals surface area contributed by atoms with Crippen LogP contribution in [0.3, 0.4) is 0 Å². The van der Waals surface area contributed by atoms with Crippen LogP contribution >= 0.6 is 11.6 Å². The lowest BCUT2D eigenvalue weighted by atomic mass is 10.1. The first-order chi connectivity index (χ1) is 13.2. The Balaban J connectivity index is 1.31. The fourth-order valence-electron chi connectivity index (χ4n) is 3.42. The van der Waals surface area contributed by atoms with Gasteiger partial charge in [-0.15, -0.1) is 0 Å². The zero-order chi connectivity index (χ0) is 18.6. The Labute approximate surface area is 163 Å². The maximum atomic E-state index is 12.1. The van der Waals surface area contributed by atoms with Gasteiger partial charge in [-0.25, -0.2) is 0 Å². The number of carbonyl (C=O) groups is 1. The van der Waals surface area contributed by atoms with Crippen molar-refractivity contribution in [3.63, 3.8) is 0 Å². The summed E-state index contributed by atoms with van der Waals surface area (Å²) in [4.78, 5) is 12.1. The fourth-order valence-corrected chi connectivity index (χ4v) is 3.71. The van der Waals surface area contributed by atoms with E-state index in [0.29, 0.717) is 36.3 Å². The Bertz CT molecular complexity index is 852. The summed E-state index contributed by atoms with van der Waals surface area (Å²) >= 11 is 6.28. The molecule has 2 aromatic rings. The second-order valence-corrected chi connectivity index (χ2v) is 7.21. The number of hydrogen-bond donors (Lipinski definition) is 1. The maximum absolute atomic E-state index is 12.1. The van der Waals surface area contributed by atoms with E-state index in [-0.39, 0.29) is 12.5 Å². The molecule has 1 heterocycles. The molecule has 0 fully saturated rings. The number of halogens is 1. The van der Waals surface area contributed by atoms with E-state index in [1.165, 1.54) is 17.5 Å². The molecule has 0 saturated carbocycles. The van der Waals surface area contributed by atoms with Crippen LogP contribution in [0.4, 0.5) is 0 Å². The Morgan fingerprint density at radius 3 is 2.85 bits per heavy atom. The molecule has 0 spiro atoms. The van der Waals surface area contributed by atoms with E-state index in [4.69, 9.17) is 25.8 Å². The number of hydrogen-bond acceptors (Lipinski definition) is 4. The van der Waals surface area contributed by atoms with Gasteiger partial charge in [0.25, 0.3) is 5.91 Å². The first-order valence-electron chi connectivity index (χ1n) is 9.28. The highest BCUT2D eigenvalue weighted by atomic mass is 35.5. The lowest BCUT2D eigenvalue weighted by Crippen LogP contribution is -2.28. The minimum absolute atomic E-state index is 0.0168. The average Bonchev–Trinajstić information content (AvgIpc) is 3.00. The summed E-state index contributed by atoms with van der Waals surface area (Å²) in [5, 5.41) is 3.35. The number of benzene rings is 2. The van der Waals surface area contributed by atoms with Gasteiger partial charge >= 0.3 is 0 Å². The molecular weight excluding hydrogens is 366 g/mol. The van der Waals surface area contributed by atoms with Crippen LogP contribution in [0.25, 0.3) is 0 Å². The van der Waals surface area contributed by atoms with Crippen molar-refractivity contribution >= 4 is 17.5 Å². The standard InChI is InChI=1S/C21H22ClNO4/c22-18-9-14(10-19-21(18)26-8-2-7-25-19)12-23-20(24)13-27-17-6-5-15-3-1-4-16(15)11-17/h5-6,9-11H,1-4,7-8,12-13H2,(H,23,24). The third-order valence-corrected chi connectivity index (χ3v) is 5.07. The fraction of sp³-hybridized carbons (Fsp3) is 0.381. The molecule has 142 valence electrons. The van der Waals surface area contributed by atoms with Crippen molar-refractivity contribution in [1.29, 1.82) is 0 Å². The largest absolute Gasteiger partial charge is 0.489 e. The van der Waals surface area contributed by atoms with Crippen LogP contribution in [0.1, 0.15) is 29.5 Å². The summed E-state index contributed by atoms with van der Waals surface area (Å²) in [5.41, 5.74) is 3.57. The van der Waals surface area contributed by atoms with E-state index in [9.17, 15) is 4.79 Å². The lowest BCUT2D eigenvalue weighted by molar-refractivity contribution is -0.123. The third-order valence-electron chi connectivity index (χ3n) is 4.79. The van der Waals surface area contributed by atoms with E-state index in [2.05, 4.69) is 11.4 Å². The van der Waals surface area contributed by atoms with Crippen molar-refractivity contribution in [2.24, 2.45) is 0 Å². The highest BCUT2D eigenvalue weighted by Gasteiger charge is 2.16. The number of nitrogens with one attached hydrogen (secondary N) is 1. The van der Waals surface area contributed by atoms with Gasteiger partial charge in [-0.2, -0.15) is 0 Å². The molecule has 6 heteroatoms. The van der Waals surface area contributed by atoms with Crippen LogP contribution in [-0.4, -0.2) is 25.7 Å². The molecule has 0 saturated heterocycles. The molecular formula is C21H22ClNO4. The van der Waals surface area contributed by atoms with Crippen LogP contribution in [-0.2, 0) is 24.2 Å². The van der Waals surface area contributed by atoms with Crippen molar-refractivity contribution in [2.45, 2.75) is 32.2 Å². The normalized spacial score (nSPS) is 15.0. The number of fused-ring (bicyclic) bond motifs is 2. The Morgan fingerprint density at radius 1 is 1.07 bits per heavy atom. The topological polar surface area (TPSA) is 56.8 Å². The molecule has 0 bridgehead atoms. The minimum atomic E-state index is -0.182. The molecule has 0 atom stereocenters. The van der Waals surface area contributed by atoms with E-state index in [1.54, 1.807) is 6.07 Å². The average molecular weight is 388 g/mol. The summed E-state index contributed by atoms with van der Waals surface area (Å²) in [7, 11) is 0. The van der Waals surface area contributed by atoms with Crippen molar-refractivity contribution < 1.29 is 19.0 Å². The molecule has 1 N–H and O–H groups in total. The molecule has 1 amide bonds. The van der Waals surface area contributed by atoms with Crippen molar-refractivity contribution in [3.05, 3.63) is 52.0 Å². The van der Waals surface area contributed by atoms with E-state index >= 15 is 0 Å². The molecule has 1 aliphatic heterocycles. The zero-order valence-electron chi connectivity index (χ0n) is 15.1. The summed E-state index contributed by atoms with van der Waals surface area (Å²) < 4.78 is 16.9. The highest BCUT2D eigenvalue weighted by molar-refractivity contribution is 6.32. The summed E-state index contributed by atoms with van der Waals surface area (Å²) in [6, 6.07) is 9.71. The van der Waals surface area contributed by atoms with Crippen LogP contribution in [0.2, 0.25) is 5.02 Å². The molecule has 5 nitrogen and oxygen atoms in total. The first kappa shape index (κ1) is 18.0. The van der Waals surface area contributed by atoms with Gasteiger partial charge < -0.3 is 19.5 Å². The highest BCUT2D eigenvalue weighted by Crippen LogP contribution is 2.38. The summed E-state index contributed by atoms with van der Waals surface area (Å²) in [6.07, 6.45) is 4.23. The van der Waals surface area contributed by atoms with Gasteiger partial charge in [0.1, 0.15) is 5.75 Å². The molecule has 0 radical (unpaired) electrons. The van der Waals surface area contributed by atoms with Crippen LogP contribution in [0, 0.1) is 0 Å². The zero-order valence-corrected chi connectivity index (χ0v) is 15.8. The van der Waals surface area contributed by atoms with Gasteiger partial charge in [0.15, 0.2) is 18.1 Å². The van der Waals surface area contributed by atoms with E-state index < -0.39 is 0 Å². The predicted octanol–water partition coefficient (Wildman–Crippen LogP) is 3.69. The second-order valence-electron chi connectivity index (χ2n) is 6.80. The van der Waals surface area contributed by atoms with Crippen molar-refractivity contribution in [2.75, 3.05) is 19.8 Å². The van der Waals surface area contributed by atoms with Crippen LogP contribution in [0.15, 0.2) is 30.3 Å². The number of aryl methyl sites for hydroxylation is 2. The van der Waals surface area contributed by atoms with Gasteiger partial charge in [-0.1, -0.05) is 17.7 Å². The molecule has 2 aliphatic rings. The monoisotopic (exact) mass is 387 g/mol. The van der Waals surface area contributed by atoms with Gasteiger partial charge in [0, 0.05) is 13.0 Å². The van der Waals surface area contributed by atoms with Gasteiger partial charge in [0.05, 0.1) is 18.2 Å². The molecule has 4 rings (SSSR count). The van der Waals surface area contributed by atoms with Crippen molar-refractivity contribution in [1.82, 2.24) is 5.32 Å². The summed E-state index contributed by atoms with van der Waals surface area (Å²) in [6.45, 7) is 1.51. The third kappa shape index (κ3) is 4.30. The Kier molecular flexibility index (Phi) is 5.39. The number of amides is 1. The Hall–Kier alpha value is -2.40. The van der Waals surface area contributed by atoms with Crippen molar-refractivity contribution in [3.8, 4) is 17.2 Å². The van der Waals surface area contributed by atoms with Gasteiger partial charge in [-0.3, -0.25) is 4.79 Å². The van der Waals surface area contributed by atoms with E-state index in [0.717, 1.165) is 30.6 Å². The van der Waals surface area contributed by atoms with Gasteiger partial charge in [-0.05, 0) is 60.2 Å². The number of ether oxygens (including phenoxy) is 3. The SMILES string of the molecule is O=C(COc1ccc2c(c1)CCC2)NCc1cc(Cl)c2c(c1)OCCCO2. The minimum Gasteiger partial charge on any atom is -0.489 e. The molecule has 0 unspecified atom stereocenters. The summed E-state index contributed by atoms with van der Waals surface area (Å²) in [5.74, 6) is 1.76. The molecule has 27 heavy (non-hydrogen) atoms. The van der Waals surface area contributed by atoms with Gasteiger partial charge in [0.2, 0.25) is 0 Å². The second kappa shape index (κ2) is 8.09. The maximum Gasteiger partial charge on any atom is 0.258 e. The first-order valence-corrected chi connectivity index (χ1v) is 9.66.